The predicted octanol–water partition coefficient (Wildman–Crippen LogP) is 6.40. The molecule has 1 atom stereocenters. The average molecular weight is 650 g/mol. The number of nitrogens with one attached hydrogen (secondary N) is 1. The fraction of sp³-hybridized carbons (Fsp3) is 0.257. The second kappa shape index (κ2) is 15.2. The molecule has 4 rings (SSSR count). The van der Waals surface area contributed by atoms with Crippen molar-refractivity contribution in [1.82, 2.24) is 10.2 Å². The monoisotopic (exact) mass is 649 g/mol. The summed E-state index contributed by atoms with van der Waals surface area (Å²) in [5.41, 5.74) is 2.34. The van der Waals surface area contributed by atoms with Gasteiger partial charge in [0.25, 0.3) is 10.0 Å². The zero-order valence-corrected chi connectivity index (χ0v) is 27.1. The smallest absolute Gasteiger partial charge is 0.264 e. The summed E-state index contributed by atoms with van der Waals surface area (Å²) in [4.78, 5) is 29.6. The topological polar surface area (TPSA) is 86.8 Å². The van der Waals surface area contributed by atoms with Gasteiger partial charge in [-0.05, 0) is 65.9 Å². The molecule has 0 aromatic heterocycles. The van der Waals surface area contributed by atoms with Crippen LogP contribution in [0.3, 0.4) is 0 Å². The lowest BCUT2D eigenvalue weighted by Crippen LogP contribution is -2.53. The number of amides is 2. The van der Waals surface area contributed by atoms with Crippen molar-refractivity contribution in [2.75, 3.05) is 17.4 Å². The van der Waals surface area contributed by atoms with Crippen LogP contribution in [-0.2, 0) is 32.6 Å². The SMILES string of the molecule is Cc1ccc(N(CC(=O)N(Cc2ccc(F)cc2)[C@H](Cc2ccccc2)C(=O)NCC(C)C)S(=O)(=O)c2ccccc2)cc1Cl. The molecule has 0 aliphatic rings. The molecule has 45 heavy (non-hydrogen) atoms. The summed E-state index contributed by atoms with van der Waals surface area (Å²) in [6, 6.07) is 26.5. The Balaban J connectivity index is 1.80. The van der Waals surface area contributed by atoms with E-state index in [-0.39, 0.29) is 35.4 Å². The molecule has 10 heteroatoms. The Morgan fingerprint density at radius 1 is 0.867 bits per heavy atom. The Hall–Kier alpha value is -4.21. The Bertz CT molecular complexity index is 1700. The Morgan fingerprint density at radius 3 is 2.09 bits per heavy atom. The summed E-state index contributed by atoms with van der Waals surface area (Å²) < 4.78 is 42.9. The lowest BCUT2D eigenvalue weighted by Gasteiger charge is -2.34. The molecule has 0 aliphatic heterocycles. The van der Waals surface area contributed by atoms with Crippen LogP contribution in [0, 0.1) is 18.7 Å². The molecule has 7 nitrogen and oxygen atoms in total. The van der Waals surface area contributed by atoms with Crippen molar-refractivity contribution in [3.63, 3.8) is 0 Å². The maximum Gasteiger partial charge on any atom is 0.264 e. The molecule has 2 amide bonds. The third-order valence-corrected chi connectivity index (χ3v) is 9.47. The molecule has 1 N–H and O–H groups in total. The minimum absolute atomic E-state index is 0.00454. The molecule has 236 valence electrons. The summed E-state index contributed by atoms with van der Waals surface area (Å²) in [7, 11) is -4.24. The second-order valence-electron chi connectivity index (χ2n) is 11.3. The van der Waals surface area contributed by atoms with Gasteiger partial charge in [-0.2, -0.15) is 0 Å². The Kier molecular flexibility index (Phi) is 11.4. The number of rotatable bonds is 13. The first kappa shape index (κ1) is 33.7. The van der Waals surface area contributed by atoms with E-state index in [4.69, 9.17) is 11.6 Å². The van der Waals surface area contributed by atoms with E-state index < -0.39 is 34.3 Å². The van der Waals surface area contributed by atoms with Crippen LogP contribution < -0.4 is 9.62 Å². The molecule has 0 radical (unpaired) electrons. The van der Waals surface area contributed by atoms with Crippen LogP contribution in [0.15, 0.2) is 108 Å². The van der Waals surface area contributed by atoms with Crippen molar-refractivity contribution >= 4 is 39.1 Å². The van der Waals surface area contributed by atoms with Gasteiger partial charge in [0, 0.05) is 24.5 Å². The molecule has 0 unspecified atom stereocenters. The minimum atomic E-state index is -4.24. The van der Waals surface area contributed by atoms with Crippen molar-refractivity contribution in [2.24, 2.45) is 5.92 Å². The molecule has 0 saturated heterocycles. The number of hydrogen-bond donors (Lipinski definition) is 1. The summed E-state index contributed by atoms with van der Waals surface area (Å²) in [5, 5.41) is 3.28. The highest BCUT2D eigenvalue weighted by molar-refractivity contribution is 7.92. The third kappa shape index (κ3) is 8.93. The lowest BCUT2D eigenvalue weighted by molar-refractivity contribution is -0.140. The summed E-state index contributed by atoms with van der Waals surface area (Å²) in [6.45, 7) is 5.45. The minimum Gasteiger partial charge on any atom is -0.354 e. The molecule has 0 bridgehead atoms. The molecule has 0 aliphatic carbocycles. The van der Waals surface area contributed by atoms with E-state index in [0.717, 1.165) is 15.4 Å². The first-order chi connectivity index (χ1) is 21.5. The van der Waals surface area contributed by atoms with Crippen molar-refractivity contribution < 1.29 is 22.4 Å². The summed E-state index contributed by atoms with van der Waals surface area (Å²) >= 11 is 6.42. The molecule has 4 aromatic rings. The fourth-order valence-corrected chi connectivity index (χ4v) is 6.35. The molecular formula is C35H37ClFN3O4S. The van der Waals surface area contributed by atoms with E-state index in [9.17, 15) is 22.4 Å². The molecule has 0 spiro atoms. The predicted molar refractivity (Wildman–Crippen MR) is 176 cm³/mol. The van der Waals surface area contributed by atoms with Crippen LogP contribution in [-0.4, -0.2) is 44.3 Å². The highest BCUT2D eigenvalue weighted by Gasteiger charge is 2.34. The number of hydrogen-bond acceptors (Lipinski definition) is 4. The first-order valence-corrected chi connectivity index (χ1v) is 16.5. The number of aryl methyl sites for hydroxylation is 1. The summed E-state index contributed by atoms with van der Waals surface area (Å²) in [5.74, 6) is -1.27. The number of halogens is 2. The zero-order valence-electron chi connectivity index (χ0n) is 25.5. The third-order valence-electron chi connectivity index (χ3n) is 7.28. The lowest BCUT2D eigenvalue weighted by atomic mass is 10.0. The van der Waals surface area contributed by atoms with Gasteiger partial charge in [0.15, 0.2) is 0 Å². The number of sulfonamides is 1. The van der Waals surface area contributed by atoms with Crippen LogP contribution in [0.25, 0.3) is 0 Å². The van der Waals surface area contributed by atoms with Gasteiger partial charge in [-0.3, -0.25) is 13.9 Å². The standard InChI is InChI=1S/C35H37ClFN3O4S/c1-25(2)22-38-35(42)33(20-27-10-6-4-7-11-27)39(23-28-15-17-29(37)18-16-28)34(41)24-40(30-19-14-26(3)32(36)21-30)45(43,44)31-12-8-5-9-13-31/h4-19,21,25,33H,20,22-24H2,1-3H3,(H,38,42)/t33-/m1/s1. The quantitative estimate of drug-likeness (QED) is 0.182. The number of anilines is 1. The van der Waals surface area contributed by atoms with E-state index in [2.05, 4.69) is 5.32 Å². The number of benzene rings is 4. The first-order valence-electron chi connectivity index (χ1n) is 14.6. The van der Waals surface area contributed by atoms with Crippen LogP contribution in [0.5, 0.6) is 0 Å². The van der Waals surface area contributed by atoms with Crippen LogP contribution in [0.4, 0.5) is 10.1 Å². The molecule has 0 saturated carbocycles. The van der Waals surface area contributed by atoms with Crippen LogP contribution in [0.2, 0.25) is 5.02 Å². The van der Waals surface area contributed by atoms with Gasteiger partial charge in [-0.15, -0.1) is 0 Å². The van der Waals surface area contributed by atoms with E-state index in [1.54, 1.807) is 49.4 Å². The fourth-order valence-electron chi connectivity index (χ4n) is 4.75. The Labute approximate surface area is 269 Å². The van der Waals surface area contributed by atoms with Crippen molar-refractivity contribution in [1.29, 1.82) is 0 Å². The van der Waals surface area contributed by atoms with Crippen LogP contribution >= 0.6 is 11.6 Å². The number of carbonyl (C=O) groups excluding carboxylic acids is 2. The number of nitrogens with zero attached hydrogens (tertiary/aromatic N) is 2. The normalized spacial score (nSPS) is 12.0. The van der Waals surface area contributed by atoms with Crippen molar-refractivity contribution in [3.05, 3.63) is 131 Å². The van der Waals surface area contributed by atoms with E-state index in [1.807, 2.05) is 44.2 Å². The second-order valence-corrected chi connectivity index (χ2v) is 13.5. The van der Waals surface area contributed by atoms with Gasteiger partial charge >= 0.3 is 0 Å². The van der Waals surface area contributed by atoms with E-state index >= 15 is 0 Å². The van der Waals surface area contributed by atoms with Gasteiger partial charge in [0.1, 0.15) is 18.4 Å². The molecule has 0 fully saturated rings. The van der Waals surface area contributed by atoms with Crippen LogP contribution in [0.1, 0.15) is 30.5 Å². The van der Waals surface area contributed by atoms with Gasteiger partial charge in [-0.25, -0.2) is 12.8 Å². The Morgan fingerprint density at radius 2 is 1.49 bits per heavy atom. The maximum atomic E-state index is 14.4. The average Bonchev–Trinajstić information content (AvgIpc) is 3.03. The largest absolute Gasteiger partial charge is 0.354 e. The molecular weight excluding hydrogens is 613 g/mol. The number of carbonyl (C=O) groups is 2. The van der Waals surface area contributed by atoms with Gasteiger partial charge in [0.2, 0.25) is 11.8 Å². The van der Waals surface area contributed by atoms with E-state index in [0.29, 0.717) is 17.1 Å². The van der Waals surface area contributed by atoms with Gasteiger partial charge in [0.05, 0.1) is 10.6 Å². The molecule has 0 heterocycles. The van der Waals surface area contributed by atoms with Crippen molar-refractivity contribution in [2.45, 2.75) is 44.7 Å². The highest BCUT2D eigenvalue weighted by atomic mass is 35.5. The van der Waals surface area contributed by atoms with Gasteiger partial charge in [-0.1, -0.05) is 92.2 Å². The maximum absolute atomic E-state index is 14.4. The molecule has 4 aromatic carbocycles. The highest BCUT2D eigenvalue weighted by Crippen LogP contribution is 2.29. The van der Waals surface area contributed by atoms with Crippen molar-refractivity contribution in [3.8, 4) is 0 Å². The van der Waals surface area contributed by atoms with Gasteiger partial charge < -0.3 is 10.2 Å². The zero-order chi connectivity index (χ0) is 32.6. The van der Waals surface area contributed by atoms with E-state index in [1.165, 1.54) is 35.2 Å². The summed E-state index contributed by atoms with van der Waals surface area (Å²) in [6.07, 6.45) is 0.180.